The van der Waals surface area contributed by atoms with E-state index in [0.717, 1.165) is 35.3 Å². The van der Waals surface area contributed by atoms with Crippen LogP contribution in [0, 0.1) is 5.92 Å². The van der Waals surface area contributed by atoms with Crippen LogP contribution in [-0.4, -0.2) is 44.2 Å². The summed E-state index contributed by atoms with van der Waals surface area (Å²) in [5.41, 5.74) is 2.90. The van der Waals surface area contributed by atoms with Gasteiger partial charge >= 0.3 is 0 Å². The number of piperidine rings is 1. The Bertz CT molecular complexity index is 1430. The van der Waals surface area contributed by atoms with E-state index < -0.39 is 0 Å². The topological polar surface area (TPSA) is 68.1 Å². The molecule has 1 aliphatic rings. The fourth-order valence-corrected chi connectivity index (χ4v) is 6.54. The molecule has 4 aromatic rings. The van der Waals surface area contributed by atoms with E-state index in [-0.39, 0.29) is 17.2 Å². The van der Waals surface area contributed by atoms with Gasteiger partial charge in [-0.15, -0.1) is 11.3 Å². The van der Waals surface area contributed by atoms with Crippen molar-refractivity contribution >= 4 is 49.4 Å². The molecule has 0 radical (unpaired) electrons. The minimum absolute atomic E-state index is 0.0764. The number of aromatic nitrogens is 3. The number of hydrogen-bond donors (Lipinski definition) is 0. The van der Waals surface area contributed by atoms with Gasteiger partial charge in [-0.25, -0.2) is 9.97 Å². The zero-order valence-electron chi connectivity index (χ0n) is 20.4. The van der Waals surface area contributed by atoms with Crippen LogP contribution in [0.2, 0.25) is 0 Å². The molecule has 1 atom stereocenters. The molecule has 8 heteroatoms. The Hall–Kier alpha value is -2.71. The molecule has 3 aromatic heterocycles. The van der Waals surface area contributed by atoms with Crippen LogP contribution >= 0.6 is 23.1 Å². The summed E-state index contributed by atoms with van der Waals surface area (Å²) in [6.07, 6.45) is 3.96. The molecule has 5 rings (SSSR count). The molecule has 4 heterocycles. The lowest BCUT2D eigenvalue weighted by molar-refractivity contribution is -0.130. The van der Waals surface area contributed by atoms with E-state index in [9.17, 15) is 9.59 Å². The van der Waals surface area contributed by atoms with E-state index in [1.165, 1.54) is 35.1 Å². The first kappa shape index (κ1) is 24.0. The van der Waals surface area contributed by atoms with Crippen LogP contribution in [0.15, 0.2) is 52.5 Å². The smallest absolute Gasteiger partial charge is 0.272 e. The number of fused-ring (bicyclic) bond motifs is 3. The molecule has 0 bridgehead atoms. The molecular weight excluding hydrogens is 476 g/mol. The van der Waals surface area contributed by atoms with Crippen molar-refractivity contribution in [3.05, 3.63) is 64.1 Å². The minimum Gasteiger partial charge on any atom is -0.342 e. The lowest BCUT2D eigenvalue weighted by atomic mass is 10.0. The third-order valence-corrected chi connectivity index (χ3v) is 8.69. The van der Waals surface area contributed by atoms with E-state index in [4.69, 9.17) is 4.98 Å². The Kier molecular flexibility index (Phi) is 6.93. The number of hydrogen-bond acceptors (Lipinski definition) is 6. The van der Waals surface area contributed by atoms with Gasteiger partial charge in [0.1, 0.15) is 9.53 Å². The van der Waals surface area contributed by atoms with Gasteiger partial charge in [0.2, 0.25) is 5.91 Å². The van der Waals surface area contributed by atoms with Gasteiger partial charge in [0.15, 0.2) is 5.16 Å². The van der Waals surface area contributed by atoms with Crippen molar-refractivity contribution in [1.82, 2.24) is 19.4 Å². The van der Waals surface area contributed by atoms with Crippen molar-refractivity contribution in [2.24, 2.45) is 5.92 Å². The van der Waals surface area contributed by atoms with E-state index in [2.05, 4.69) is 50.0 Å². The zero-order chi connectivity index (χ0) is 24.5. The van der Waals surface area contributed by atoms with Crippen LogP contribution in [0.25, 0.3) is 20.4 Å². The summed E-state index contributed by atoms with van der Waals surface area (Å²) >= 11 is 2.75. The molecule has 6 nitrogen and oxygen atoms in total. The third-order valence-electron chi connectivity index (χ3n) is 6.64. The summed E-state index contributed by atoms with van der Waals surface area (Å²) in [6, 6.07) is 12.2. The summed E-state index contributed by atoms with van der Waals surface area (Å²) in [5, 5.41) is 1.47. The molecule has 35 heavy (non-hydrogen) atoms. The highest BCUT2D eigenvalue weighted by Crippen LogP contribution is 2.31. The van der Waals surface area contributed by atoms with Gasteiger partial charge in [0.05, 0.1) is 17.8 Å². The summed E-state index contributed by atoms with van der Waals surface area (Å²) in [7, 11) is 0. The number of thiophene rings is 1. The Labute approximate surface area is 213 Å². The first-order valence-corrected chi connectivity index (χ1v) is 14.0. The van der Waals surface area contributed by atoms with Gasteiger partial charge in [0.25, 0.3) is 5.56 Å². The second kappa shape index (κ2) is 10.1. The Morgan fingerprint density at radius 3 is 2.77 bits per heavy atom. The lowest BCUT2D eigenvalue weighted by Crippen LogP contribution is -2.40. The molecule has 1 saturated heterocycles. The summed E-state index contributed by atoms with van der Waals surface area (Å²) < 4.78 is 2.33. The molecular formula is C27H30N4O2S2. The predicted octanol–water partition coefficient (Wildman–Crippen LogP) is 5.53. The number of rotatable bonds is 6. The Balaban J connectivity index is 1.51. The second-order valence-corrected chi connectivity index (χ2v) is 11.6. The van der Waals surface area contributed by atoms with Crippen molar-refractivity contribution in [1.29, 1.82) is 0 Å². The maximum atomic E-state index is 13.7. The Morgan fingerprint density at radius 2 is 2.03 bits per heavy atom. The molecule has 182 valence electrons. The van der Waals surface area contributed by atoms with Crippen LogP contribution in [-0.2, 0) is 11.3 Å². The standard InChI is InChI=1S/C27H30N4O2S2/c1-17(2)20-10-8-19(9-11-20)15-31-26(33)24-23(21-7-4-12-28-25(21)35-24)29-27(31)34-16-22(32)30-13-5-6-18(3)14-30/h4,7-12,17-18H,5-6,13-16H2,1-3H3/t18-/m0/s1. The van der Waals surface area contributed by atoms with E-state index in [1.807, 2.05) is 17.0 Å². The molecule has 1 aromatic carbocycles. The maximum absolute atomic E-state index is 13.7. The molecule has 0 unspecified atom stereocenters. The zero-order valence-corrected chi connectivity index (χ0v) is 22.0. The van der Waals surface area contributed by atoms with Crippen LogP contribution in [0.1, 0.15) is 50.7 Å². The third kappa shape index (κ3) is 5.00. The van der Waals surface area contributed by atoms with E-state index in [1.54, 1.807) is 10.8 Å². The van der Waals surface area contributed by atoms with Gasteiger partial charge in [0, 0.05) is 24.7 Å². The highest BCUT2D eigenvalue weighted by molar-refractivity contribution is 7.99. The van der Waals surface area contributed by atoms with Crippen molar-refractivity contribution in [2.45, 2.75) is 51.2 Å². The second-order valence-electron chi connectivity index (χ2n) is 9.69. The van der Waals surface area contributed by atoms with Gasteiger partial charge in [-0.2, -0.15) is 0 Å². The molecule has 0 saturated carbocycles. The number of carbonyl (C=O) groups excluding carboxylic acids is 1. The van der Waals surface area contributed by atoms with Gasteiger partial charge < -0.3 is 4.90 Å². The van der Waals surface area contributed by atoms with Crippen LogP contribution in [0.5, 0.6) is 0 Å². The van der Waals surface area contributed by atoms with Crippen molar-refractivity contribution in [3.63, 3.8) is 0 Å². The average Bonchev–Trinajstić information content (AvgIpc) is 3.23. The Morgan fingerprint density at radius 1 is 1.23 bits per heavy atom. The summed E-state index contributed by atoms with van der Waals surface area (Å²) in [6.45, 7) is 8.57. The number of carbonyl (C=O) groups is 1. The average molecular weight is 507 g/mol. The van der Waals surface area contributed by atoms with E-state index in [0.29, 0.717) is 33.8 Å². The summed E-state index contributed by atoms with van der Waals surface area (Å²) in [4.78, 5) is 38.8. The molecule has 0 N–H and O–H groups in total. The first-order chi connectivity index (χ1) is 16.9. The van der Waals surface area contributed by atoms with E-state index >= 15 is 0 Å². The van der Waals surface area contributed by atoms with Gasteiger partial charge in [-0.1, -0.05) is 56.8 Å². The molecule has 1 fully saturated rings. The van der Waals surface area contributed by atoms with Crippen LogP contribution in [0.4, 0.5) is 0 Å². The number of amides is 1. The first-order valence-electron chi connectivity index (χ1n) is 12.2. The van der Waals surface area contributed by atoms with Crippen molar-refractivity contribution < 1.29 is 4.79 Å². The predicted molar refractivity (Wildman–Crippen MR) is 145 cm³/mol. The molecule has 0 aliphatic carbocycles. The highest BCUT2D eigenvalue weighted by atomic mass is 32.2. The maximum Gasteiger partial charge on any atom is 0.272 e. The molecule has 1 aliphatic heterocycles. The fourth-order valence-electron chi connectivity index (χ4n) is 4.61. The molecule has 0 spiro atoms. The van der Waals surface area contributed by atoms with Crippen molar-refractivity contribution in [2.75, 3.05) is 18.8 Å². The summed E-state index contributed by atoms with van der Waals surface area (Å²) in [5.74, 6) is 1.37. The normalized spacial score (nSPS) is 16.5. The monoisotopic (exact) mass is 506 g/mol. The van der Waals surface area contributed by atoms with Crippen molar-refractivity contribution in [3.8, 4) is 0 Å². The largest absolute Gasteiger partial charge is 0.342 e. The fraction of sp³-hybridized carbons (Fsp3) is 0.407. The number of nitrogens with zero attached hydrogens (tertiary/aromatic N) is 4. The van der Waals surface area contributed by atoms with Crippen LogP contribution < -0.4 is 5.56 Å². The van der Waals surface area contributed by atoms with Gasteiger partial charge in [-0.05, 0) is 47.9 Å². The SMILES string of the molecule is CC(C)c1ccc(Cn2c(SCC(=O)N3CCC[C@H](C)C3)nc3c(sc4ncccc43)c2=O)cc1. The lowest BCUT2D eigenvalue weighted by Gasteiger charge is -2.30. The van der Waals surface area contributed by atoms with Gasteiger partial charge in [-0.3, -0.25) is 14.2 Å². The van der Waals surface area contributed by atoms with Crippen LogP contribution in [0.3, 0.4) is 0 Å². The molecule has 1 amide bonds. The number of likely N-dealkylation sites (tertiary alicyclic amines) is 1. The quantitative estimate of drug-likeness (QED) is 0.254. The number of pyridine rings is 1. The number of benzene rings is 1. The minimum atomic E-state index is -0.0764. The number of thioether (sulfide) groups is 1. The highest BCUT2D eigenvalue weighted by Gasteiger charge is 2.23.